The molecular formula is C16H23ClO3. The van der Waals surface area contributed by atoms with Gasteiger partial charge in [0.2, 0.25) is 0 Å². The van der Waals surface area contributed by atoms with E-state index in [1.807, 2.05) is 0 Å². The Labute approximate surface area is 126 Å². The van der Waals surface area contributed by atoms with E-state index in [2.05, 4.69) is 13.8 Å². The van der Waals surface area contributed by atoms with Gasteiger partial charge in [-0.1, -0.05) is 37.9 Å². The van der Waals surface area contributed by atoms with Crippen LogP contribution in [0.1, 0.15) is 49.9 Å². The number of halogens is 1. The van der Waals surface area contributed by atoms with Crippen LogP contribution in [-0.2, 0) is 9.47 Å². The number of carbonyl (C=O) groups is 1. The average Bonchev–Trinajstić information content (AvgIpc) is 2.44. The molecular weight excluding hydrogens is 276 g/mol. The fourth-order valence-electron chi connectivity index (χ4n) is 1.80. The number of hydrogen-bond acceptors (Lipinski definition) is 3. The van der Waals surface area contributed by atoms with Crippen LogP contribution in [0.15, 0.2) is 24.3 Å². The molecule has 3 nitrogen and oxygen atoms in total. The van der Waals surface area contributed by atoms with E-state index in [9.17, 15) is 4.79 Å². The molecule has 0 aromatic heterocycles. The van der Waals surface area contributed by atoms with Crippen molar-refractivity contribution in [3.05, 3.63) is 34.9 Å². The summed E-state index contributed by atoms with van der Waals surface area (Å²) >= 11 is 5.88. The van der Waals surface area contributed by atoms with Crippen LogP contribution in [0, 0.1) is 0 Å². The Morgan fingerprint density at radius 1 is 1.30 bits per heavy atom. The number of hydrogen-bond donors (Lipinski definition) is 0. The van der Waals surface area contributed by atoms with Gasteiger partial charge in [0.1, 0.15) is 6.10 Å². The Morgan fingerprint density at radius 3 is 2.75 bits per heavy atom. The maximum Gasteiger partial charge on any atom is 0.338 e. The summed E-state index contributed by atoms with van der Waals surface area (Å²) in [5, 5.41) is 0.534. The van der Waals surface area contributed by atoms with Gasteiger partial charge in [-0.2, -0.15) is 0 Å². The van der Waals surface area contributed by atoms with E-state index in [-0.39, 0.29) is 12.1 Å². The van der Waals surface area contributed by atoms with Gasteiger partial charge in [0.25, 0.3) is 0 Å². The molecule has 0 radical (unpaired) electrons. The van der Waals surface area contributed by atoms with Gasteiger partial charge in [-0.25, -0.2) is 4.79 Å². The highest BCUT2D eigenvalue weighted by Crippen LogP contribution is 2.14. The second-order valence-corrected chi connectivity index (χ2v) is 5.19. The van der Waals surface area contributed by atoms with Crippen molar-refractivity contribution in [2.75, 3.05) is 13.2 Å². The molecule has 1 rings (SSSR count). The van der Waals surface area contributed by atoms with E-state index in [0.717, 1.165) is 25.7 Å². The predicted octanol–water partition coefficient (Wildman–Crippen LogP) is 4.48. The molecule has 0 aliphatic heterocycles. The lowest BCUT2D eigenvalue weighted by molar-refractivity contribution is -0.00753. The summed E-state index contributed by atoms with van der Waals surface area (Å²) in [5.41, 5.74) is 0.481. The number of ether oxygens (including phenoxy) is 2. The highest BCUT2D eigenvalue weighted by atomic mass is 35.5. The Morgan fingerprint density at radius 2 is 2.10 bits per heavy atom. The molecule has 0 saturated heterocycles. The summed E-state index contributed by atoms with van der Waals surface area (Å²) in [6.07, 6.45) is 3.69. The second kappa shape index (κ2) is 9.78. The van der Waals surface area contributed by atoms with Gasteiger partial charge in [0.15, 0.2) is 0 Å². The monoisotopic (exact) mass is 298 g/mol. The number of rotatable bonds is 9. The van der Waals surface area contributed by atoms with Crippen LogP contribution in [-0.4, -0.2) is 25.3 Å². The average molecular weight is 299 g/mol. The minimum atomic E-state index is -0.339. The van der Waals surface area contributed by atoms with Gasteiger partial charge in [-0.3, -0.25) is 0 Å². The molecule has 1 unspecified atom stereocenters. The molecule has 0 heterocycles. The van der Waals surface area contributed by atoms with Crippen LogP contribution >= 0.6 is 11.6 Å². The Balaban J connectivity index is 2.55. The van der Waals surface area contributed by atoms with Gasteiger partial charge < -0.3 is 9.47 Å². The van der Waals surface area contributed by atoms with Crippen molar-refractivity contribution in [1.82, 2.24) is 0 Å². The highest BCUT2D eigenvalue weighted by Gasteiger charge is 2.16. The molecule has 0 amide bonds. The molecule has 1 aromatic carbocycles. The summed E-state index contributed by atoms with van der Waals surface area (Å²) in [7, 11) is 0. The third-order valence-electron chi connectivity index (χ3n) is 2.87. The SMILES string of the molecule is CCCCC(COCCC)OC(=O)c1cccc(Cl)c1. The molecule has 0 aliphatic rings. The minimum absolute atomic E-state index is 0.187. The number of benzene rings is 1. The van der Waals surface area contributed by atoms with E-state index >= 15 is 0 Å². The summed E-state index contributed by atoms with van der Waals surface area (Å²) in [6.45, 7) is 5.32. The quantitative estimate of drug-likeness (QED) is 0.498. The number of carbonyl (C=O) groups excluding carboxylic acids is 1. The maximum atomic E-state index is 12.1. The highest BCUT2D eigenvalue weighted by molar-refractivity contribution is 6.30. The van der Waals surface area contributed by atoms with Crippen molar-refractivity contribution in [2.45, 2.75) is 45.6 Å². The molecule has 0 bridgehead atoms. The van der Waals surface area contributed by atoms with E-state index in [1.54, 1.807) is 24.3 Å². The molecule has 20 heavy (non-hydrogen) atoms. The summed E-state index contributed by atoms with van der Waals surface area (Å²) in [5.74, 6) is -0.339. The largest absolute Gasteiger partial charge is 0.456 e. The van der Waals surface area contributed by atoms with Crippen molar-refractivity contribution in [1.29, 1.82) is 0 Å². The molecule has 1 atom stereocenters. The third kappa shape index (κ3) is 6.40. The zero-order valence-corrected chi connectivity index (χ0v) is 13.0. The van der Waals surface area contributed by atoms with Crippen molar-refractivity contribution < 1.29 is 14.3 Å². The predicted molar refractivity (Wildman–Crippen MR) is 81.3 cm³/mol. The van der Waals surface area contributed by atoms with Crippen LogP contribution in [0.25, 0.3) is 0 Å². The van der Waals surface area contributed by atoms with Crippen LogP contribution < -0.4 is 0 Å². The first-order valence-corrected chi connectivity index (χ1v) is 7.59. The van der Waals surface area contributed by atoms with Crippen molar-refractivity contribution in [3.63, 3.8) is 0 Å². The molecule has 1 aromatic rings. The summed E-state index contributed by atoms with van der Waals surface area (Å²) < 4.78 is 11.0. The first kappa shape index (κ1) is 17.0. The van der Waals surface area contributed by atoms with Crippen LogP contribution in [0.3, 0.4) is 0 Å². The summed E-state index contributed by atoms with van der Waals surface area (Å²) in [4.78, 5) is 12.1. The molecule has 112 valence electrons. The molecule has 0 aliphatic carbocycles. The van der Waals surface area contributed by atoms with E-state index in [0.29, 0.717) is 23.8 Å². The van der Waals surface area contributed by atoms with Crippen molar-refractivity contribution in [2.24, 2.45) is 0 Å². The fourth-order valence-corrected chi connectivity index (χ4v) is 1.99. The van der Waals surface area contributed by atoms with Gasteiger partial charge in [-0.05, 0) is 37.5 Å². The summed E-state index contributed by atoms with van der Waals surface area (Å²) in [6, 6.07) is 6.80. The van der Waals surface area contributed by atoms with E-state index in [4.69, 9.17) is 21.1 Å². The van der Waals surface area contributed by atoms with Gasteiger partial charge in [0, 0.05) is 11.6 Å². The smallest absolute Gasteiger partial charge is 0.338 e. The topological polar surface area (TPSA) is 35.5 Å². The Kier molecular flexibility index (Phi) is 8.31. The number of esters is 1. The zero-order valence-electron chi connectivity index (χ0n) is 12.2. The zero-order chi connectivity index (χ0) is 14.8. The molecule has 4 heteroatoms. The van der Waals surface area contributed by atoms with Crippen LogP contribution in [0.4, 0.5) is 0 Å². The molecule has 0 saturated carbocycles. The normalized spacial score (nSPS) is 12.2. The van der Waals surface area contributed by atoms with Gasteiger partial charge >= 0.3 is 5.97 Å². The first-order chi connectivity index (χ1) is 9.67. The van der Waals surface area contributed by atoms with Gasteiger partial charge in [-0.15, -0.1) is 0 Å². The van der Waals surface area contributed by atoms with Crippen molar-refractivity contribution in [3.8, 4) is 0 Å². The molecule has 0 N–H and O–H groups in total. The minimum Gasteiger partial charge on any atom is -0.456 e. The van der Waals surface area contributed by atoms with E-state index in [1.165, 1.54) is 0 Å². The number of unbranched alkanes of at least 4 members (excludes halogenated alkanes) is 1. The van der Waals surface area contributed by atoms with Gasteiger partial charge in [0.05, 0.1) is 12.2 Å². The lowest BCUT2D eigenvalue weighted by Gasteiger charge is -2.18. The standard InChI is InChI=1S/C16H23ClO3/c1-3-5-9-15(12-19-10-4-2)20-16(18)13-7-6-8-14(17)11-13/h6-8,11,15H,3-5,9-10,12H2,1-2H3. The fraction of sp³-hybridized carbons (Fsp3) is 0.562. The lowest BCUT2D eigenvalue weighted by atomic mass is 10.1. The van der Waals surface area contributed by atoms with Crippen LogP contribution in [0.5, 0.6) is 0 Å². The molecule has 0 fully saturated rings. The maximum absolute atomic E-state index is 12.1. The second-order valence-electron chi connectivity index (χ2n) is 4.75. The Hall–Kier alpha value is -1.06. The third-order valence-corrected chi connectivity index (χ3v) is 3.10. The molecule has 0 spiro atoms. The first-order valence-electron chi connectivity index (χ1n) is 7.21. The Bertz CT molecular complexity index is 406. The lowest BCUT2D eigenvalue weighted by Crippen LogP contribution is -2.24. The van der Waals surface area contributed by atoms with Crippen LogP contribution in [0.2, 0.25) is 5.02 Å². The van der Waals surface area contributed by atoms with Crippen molar-refractivity contribution >= 4 is 17.6 Å². The van der Waals surface area contributed by atoms with E-state index < -0.39 is 0 Å².